The molecule has 0 spiro atoms. The van der Waals surface area contributed by atoms with Crippen LogP contribution in [0.1, 0.15) is 25.3 Å². The molecule has 4 heteroatoms. The van der Waals surface area contributed by atoms with Crippen molar-refractivity contribution in [3.05, 3.63) is 23.9 Å². The molecule has 4 nitrogen and oxygen atoms in total. The van der Waals surface area contributed by atoms with Crippen LogP contribution in [0.15, 0.2) is 18.3 Å². The third kappa shape index (κ3) is 2.80. The van der Waals surface area contributed by atoms with E-state index in [4.69, 9.17) is 5.26 Å². The SMILES string of the molecule is CCN1CCCC1CN(C)c1ccc(C#N)cn1. The molecule has 0 N–H and O–H groups in total. The number of anilines is 1. The van der Waals surface area contributed by atoms with Gasteiger partial charge < -0.3 is 4.90 Å². The summed E-state index contributed by atoms with van der Waals surface area (Å²) in [5.74, 6) is 0.942. The lowest BCUT2D eigenvalue weighted by molar-refractivity contribution is 0.270. The summed E-state index contributed by atoms with van der Waals surface area (Å²) in [7, 11) is 2.07. The minimum atomic E-state index is 0.614. The lowest BCUT2D eigenvalue weighted by Crippen LogP contribution is -2.39. The Morgan fingerprint density at radius 3 is 3.00 bits per heavy atom. The monoisotopic (exact) mass is 244 g/mol. The maximum absolute atomic E-state index is 8.75. The fraction of sp³-hybridized carbons (Fsp3) is 0.571. The highest BCUT2D eigenvalue weighted by atomic mass is 15.2. The molecule has 0 radical (unpaired) electrons. The van der Waals surface area contributed by atoms with Gasteiger partial charge in [-0.25, -0.2) is 4.98 Å². The average Bonchev–Trinajstić information content (AvgIpc) is 2.86. The zero-order valence-electron chi connectivity index (χ0n) is 11.1. The Morgan fingerprint density at radius 2 is 2.39 bits per heavy atom. The van der Waals surface area contributed by atoms with Crippen LogP contribution in [0.4, 0.5) is 5.82 Å². The predicted molar refractivity (Wildman–Crippen MR) is 72.5 cm³/mol. The molecule has 0 saturated carbocycles. The molecule has 0 aromatic carbocycles. The number of nitriles is 1. The Morgan fingerprint density at radius 1 is 1.56 bits per heavy atom. The number of likely N-dealkylation sites (tertiary alicyclic amines) is 1. The summed E-state index contributed by atoms with van der Waals surface area (Å²) in [6.07, 6.45) is 4.21. The maximum atomic E-state index is 8.75. The third-order valence-electron chi connectivity index (χ3n) is 3.66. The Bertz CT molecular complexity index is 420. The highest BCUT2D eigenvalue weighted by molar-refractivity contribution is 5.41. The van der Waals surface area contributed by atoms with Crippen molar-refractivity contribution in [2.75, 3.05) is 31.6 Å². The first kappa shape index (κ1) is 12.8. The summed E-state index contributed by atoms with van der Waals surface area (Å²) in [5.41, 5.74) is 0.614. The van der Waals surface area contributed by atoms with Crippen LogP contribution in [0.3, 0.4) is 0 Å². The molecule has 2 heterocycles. The summed E-state index contributed by atoms with van der Waals surface area (Å²) < 4.78 is 0. The number of hydrogen-bond donors (Lipinski definition) is 0. The van der Waals surface area contributed by atoms with Gasteiger partial charge in [0, 0.05) is 25.8 Å². The number of pyridine rings is 1. The Kier molecular flexibility index (Phi) is 4.16. The van der Waals surface area contributed by atoms with Crippen molar-refractivity contribution >= 4 is 5.82 Å². The fourth-order valence-corrected chi connectivity index (χ4v) is 2.61. The molecule has 1 unspecified atom stereocenters. The van der Waals surface area contributed by atoms with Crippen LogP contribution < -0.4 is 4.90 Å². The van der Waals surface area contributed by atoms with E-state index in [0.29, 0.717) is 11.6 Å². The molecule has 1 atom stereocenters. The van der Waals surface area contributed by atoms with Crippen LogP contribution in [-0.2, 0) is 0 Å². The summed E-state index contributed by atoms with van der Waals surface area (Å²) >= 11 is 0. The quantitative estimate of drug-likeness (QED) is 0.811. The second kappa shape index (κ2) is 5.83. The number of nitrogens with zero attached hydrogens (tertiary/aromatic N) is 4. The molecule has 18 heavy (non-hydrogen) atoms. The molecular formula is C14H20N4. The van der Waals surface area contributed by atoms with Crippen molar-refractivity contribution in [3.8, 4) is 6.07 Å². The van der Waals surface area contributed by atoms with Gasteiger partial charge in [0.2, 0.25) is 0 Å². The van der Waals surface area contributed by atoms with Gasteiger partial charge >= 0.3 is 0 Å². The van der Waals surface area contributed by atoms with Gasteiger partial charge in [0.1, 0.15) is 11.9 Å². The summed E-state index contributed by atoms with van der Waals surface area (Å²) in [5, 5.41) is 8.75. The van der Waals surface area contributed by atoms with E-state index in [1.165, 1.54) is 19.4 Å². The van der Waals surface area contributed by atoms with E-state index < -0.39 is 0 Å². The molecule has 1 aromatic heterocycles. The van der Waals surface area contributed by atoms with Crippen molar-refractivity contribution in [2.24, 2.45) is 0 Å². The van der Waals surface area contributed by atoms with Gasteiger partial charge in [0.25, 0.3) is 0 Å². The molecule has 1 fully saturated rings. The lowest BCUT2D eigenvalue weighted by Gasteiger charge is -2.28. The van der Waals surface area contributed by atoms with Crippen LogP contribution in [0.25, 0.3) is 0 Å². The standard InChI is InChI=1S/C14H20N4/c1-3-18-8-4-5-13(18)11-17(2)14-7-6-12(9-15)10-16-14/h6-7,10,13H,3-5,8,11H2,1-2H3. The minimum absolute atomic E-state index is 0.614. The van der Waals surface area contributed by atoms with Crippen LogP contribution in [0.5, 0.6) is 0 Å². The van der Waals surface area contributed by atoms with Crippen molar-refractivity contribution in [2.45, 2.75) is 25.8 Å². The summed E-state index contributed by atoms with van der Waals surface area (Å²) in [6.45, 7) is 5.57. The average molecular weight is 244 g/mol. The van der Waals surface area contributed by atoms with Crippen molar-refractivity contribution in [3.63, 3.8) is 0 Å². The molecule has 0 aliphatic carbocycles. The van der Waals surface area contributed by atoms with E-state index in [1.807, 2.05) is 12.1 Å². The first-order chi connectivity index (χ1) is 8.74. The zero-order valence-corrected chi connectivity index (χ0v) is 11.1. The van der Waals surface area contributed by atoms with Gasteiger partial charge in [-0.15, -0.1) is 0 Å². The highest BCUT2D eigenvalue weighted by Crippen LogP contribution is 2.19. The molecule has 0 bridgehead atoms. The van der Waals surface area contributed by atoms with Gasteiger partial charge in [-0.2, -0.15) is 5.26 Å². The minimum Gasteiger partial charge on any atom is -0.358 e. The molecule has 1 aromatic rings. The molecule has 96 valence electrons. The van der Waals surface area contributed by atoms with Gasteiger partial charge in [-0.1, -0.05) is 6.92 Å². The number of likely N-dealkylation sites (N-methyl/N-ethyl adjacent to an activating group) is 2. The first-order valence-electron chi connectivity index (χ1n) is 6.56. The first-order valence-corrected chi connectivity index (χ1v) is 6.56. The van der Waals surface area contributed by atoms with Gasteiger partial charge in [0.05, 0.1) is 5.56 Å². The summed E-state index contributed by atoms with van der Waals surface area (Å²) in [6, 6.07) is 6.47. The second-order valence-electron chi connectivity index (χ2n) is 4.82. The predicted octanol–water partition coefficient (Wildman–Crippen LogP) is 1.87. The van der Waals surface area contributed by atoms with E-state index >= 15 is 0 Å². The van der Waals surface area contributed by atoms with Gasteiger partial charge in [0.15, 0.2) is 0 Å². The topological polar surface area (TPSA) is 43.2 Å². The largest absolute Gasteiger partial charge is 0.358 e. The molecule has 1 aliphatic rings. The van der Waals surface area contributed by atoms with E-state index in [9.17, 15) is 0 Å². The Labute approximate surface area is 109 Å². The molecule has 1 saturated heterocycles. The van der Waals surface area contributed by atoms with Crippen LogP contribution in [0, 0.1) is 11.3 Å². The maximum Gasteiger partial charge on any atom is 0.128 e. The smallest absolute Gasteiger partial charge is 0.128 e. The van der Waals surface area contributed by atoms with Crippen LogP contribution in [-0.4, -0.2) is 42.6 Å². The fourth-order valence-electron chi connectivity index (χ4n) is 2.61. The highest BCUT2D eigenvalue weighted by Gasteiger charge is 2.24. The lowest BCUT2D eigenvalue weighted by atomic mass is 10.2. The molecule has 0 amide bonds. The van der Waals surface area contributed by atoms with Crippen molar-refractivity contribution in [1.29, 1.82) is 5.26 Å². The Hall–Kier alpha value is -1.60. The van der Waals surface area contributed by atoms with E-state index in [1.54, 1.807) is 6.20 Å². The molecule has 2 rings (SSSR count). The van der Waals surface area contributed by atoms with Gasteiger partial charge in [-0.05, 0) is 38.1 Å². The zero-order chi connectivity index (χ0) is 13.0. The van der Waals surface area contributed by atoms with Crippen molar-refractivity contribution < 1.29 is 0 Å². The number of rotatable bonds is 4. The number of hydrogen-bond acceptors (Lipinski definition) is 4. The normalized spacial score (nSPS) is 19.7. The summed E-state index contributed by atoms with van der Waals surface area (Å²) in [4.78, 5) is 9.04. The number of aromatic nitrogens is 1. The van der Waals surface area contributed by atoms with E-state index in [2.05, 4.69) is 34.8 Å². The molecule has 1 aliphatic heterocycles. The Balaban J connectivity index is 1.98. The van der Waals surface area contributed by atoms with Crippen molar-refractivity contribution in [1.82, 2.24) is 9.88 Å². The van der Waals surface area contributed by atoms with E-state index in [-0.39, 0.29) is 0 Å². The third-order valence-corrected chi connectivity index (χ3v) is 3.66. The molecular weight excluding hydrogens is 224 g/mol. The second-order valence-corrected chi connectivity index (χ2v) is 4.82. The van der Waals surface area contributed by atoms with Crippen LogP contribution in [0.2, 0.25) is 0 Å². The van der Waals surface area contributed by atoms with E-state index in [0.717, 1.165) is 18.9 Å². The van der Waals surface area contributed by atoms with Gasteiger partial charge in [-0.3, -0.25) is 4.90 Å². The van der Waals surface area contributed by atoms with Crippen LogP contribution >= 0.6 is 0 Å².